The third-order valence-corrected chi connectivity index (χ3v) is 4.50. The summed E-state index contributed by atoms with van der Waals surface area (Å²) in [6, 6.07) is 9.39. The third kappa shape index (κ3) is 3.14. The number of aryl methyl sites for hydroxylation is 1. The number of ether oxygens (including phenoxy) is 1. The zero-order chi connectivity index (χ0) is 15.5. The van der Waals surface area contributed by atoms with Crippen LogP contribution < -0.4 is 9.64 Å². The maximum absolute atomic E-state index is 11.0. The van der Waals surface area contributed by atoms with Crippen LogP contribution >= 0.6 is 15.9 Å². The molecule has 1 saturated heterocycles. The lowest BCUT2D eigenvalue weighted by Crippen LogP contribution is -2.19. The van der Waals surface area contributed by atoms with Crippen LogP contribution in [0.25, 0.3) is 0 Å². The molecule has 1 aliphatic rings. The minimum absolute atomic E-state index is 0.561. The monoisotopic (exact) mass is 360 g/mol. The predicted octanol–water partition coefficient (Wildman–Crippen LogP) is 4.36. The Balaban J connectivity index is 1.87. The van der Waals surface area contributed by atoms with Crippen LogP contribution in [0, 0.1) is 6.92 Å². The van der Waals surface area contributed by atoms with Crippen LogP contribution in [0.5, 0.6) is 11.6 Å². The molecule has 4 nitrogen and oxygen atoms in total. The van der Waals surface area contributed by atoms with Crippen molar-refractivity contribution < 1.29 is 9.53 Å². The summed E-state index contributed by atoms with van der Waals surface area (Å²) in [5, 5.41) is 0. The highest BCUT2D eigenvalue weighted by molar-refractivity contribution is 9.10. The van der Waals surface area contributed by atoms with Gasteiger partial charge in [0, 0.05) is 28.7 Å². The second kappa shape index (κ2) is 6.48. The number of anilines is 1. The number of rotatable bonds is 4. The number of nitrogens with zero attached hydrogens (tertiary/aromatic N) is 2. The van der Waals surface area contributed by atoms with Crippen LogP contribution in [-0.2, 0) is 0 Å². The summed E-state index contributed by atoms with van der Waals surface area (Å²) >= 11 is 3.34. The van der Waals surface area contributed by atoms with E-state index in [1.165, 1.54) is 12.8 Å². The molecule has 0 bridgehead atoms. The zero-order valence-corrected chi connectivity index (χ0v) is 14.0. The first-order valence-electron chi connectivity index (χ1n) is 7.32. The van der Waals surface area contributed by atoms with Crippen molar-refractivity contribution in [1.82, 2.24) is 4.98 Å². The van der Waals surface area contributed by atoms with Crippen LogP contribution in [0.4, 0.5) is 5.82 Å². The van der Waals surface area contributed by atoms with Gasteiger partial charge in [0.05, 0.1) is 0 Å². The average Bonchev–Trinajstić information content (AvgIpc) is 3.05. The van der Waals surface area contributed by atoms with Crippen LogP contribution in [0.3, 0.4) is 0 Å². The number of benzene rings is 1. The molecule has 5 heteroatoms. The van der Waals surface area contributed by atoms with Crippen molar-refractivity contribution in [1.29, 1.82) is 0 Å². The molecule has 1 aliphatic heterocycles. The SMILES string of the molecule is Cc1ccc(N2CCCC2)nc1Oc1ccc(Br)c(C=O)c1. The Hall–Kier alpha value is -1.88. The molecule has 0 amide bonds. The molecular weight excluding hydrogens is 344 g/mol. The Morgan fingerprint density at radius 1 is 1.23 bits per heavy atom. The lowest BCUT2D eigenvalue weighted by molar-refractivity contribution is 0.112. The Morgan fingerprint density at radius 3 is 2.73 bits per heavy atom. The van der Waals surface area contributed by atoms with E-state index in [2.05, 4.69) is 25.8 Å². The summed E-state index contributed by atoms with van der Waals surface area (Å²) in [6.07, 6.45) is 3.22. The number of pyridine rings is 1. The molecule has 3 rings (SSSR count). The standard InChI is InChI=1S/C17H17BrN2O2/c1-12-4-7-16(20-8-2-3-9-20)19-17(12)22-14-5-6-15(18)13(10-14)11-21/h4-7,10-11H,2-3,8-9H2,1H3. The van der Waals surface area contributed by atoms with E-state index in [1.807, 2.05) is 25.1 Å². The molecular formula is C17H17BrN2O2. The van der Waals surface area contributed by atoms with E-state index in [4.69, 9.17) is 4.74 Å². The number of aldehydes is 1. The fraction of sp³-hybridized carbons (Fsp3) is 0.294. The van der Waals surface area contributed by atoms with Crippen molar-refractivity contribution in [2.75, 3.05) is 18.0 Å². The molecule has 0 unspecified atom stereocenters. The molecule has 0 saturated carbocycles. The summed E-state index contributed by atoms with van der Waals surface area (Å²) in [4.78, 5) is 17.9. The van der Waals surface area contributed by atoms with Crippen molar-refractivity contribution in [2.45, 2.75) is 19.8 Å². The van der Waals surface area contributed by atoms with Crippen molar-refractivity contribution in [3.63, 3.8) is 0 Å². The van der Waals surface area contributed by atoms with Gasteiger partial charge in [-0.1, -0.05) is 22.0 Å². The van der Waals surface area contributed by atoms with Crippen LogP contribution in [0.1, 0.15) is 28.8 Å². The van der Waals surface area contributed by atoms with E-state index < -0.39 is 0 Å². The fourth-order valence-corrected chi connectivity index (χ4v) is 2.85. The Labute approximate surface area is 138 Å². The van der Waals surface area contributed by atoms with Crippen molar-refractivity contribution >= 4 is 28.0 Å². The maximum Gasteiger partial charge on any atom is 0.224 e. The van der Waals surface area contributed by atoms with Gasteiger partial charge in [-0.15, -0.1) is 0 Å². The summed E-state index contributed by atoms with van der Waals surface area (Å²) < 4.78 is 6.64. The van der Waals surface area contributed by atoms with Crippen molar-refractivity contribution in [2.24, 2.45) is 0 Å². The quantitative estimate of drug-likeness (QED) is 0.759. The van der Waals surface area contributed by atoms with Gasteiger partial charge in [0.1, 0.15) is 11.6 Å². The topological polar surface area (TPSA) is 42.4 Å². The van der Waals surface area contributed by atoms with Crippen LogP contribution in [0.2, 0.25) is 0 Å². The number of aromatic nitrogens is 1. The second-order valence-electron chi connectivity index (χ2n) is 5.39. The van der Waals surface area contributed by atoms with Gasteiger partial charge in [-0.05, 0) is 44.0 Å². The molecule has 2 heterocycles. The summed E-state index contributed by atoms with van der Waals surface area (Å²) in [6.45, 7) is 4.06. The van der Waals surface area contributed by atoms with Gasteiger partial charge < -0.3 is 9.64 Å². The maximum atomic E-state index is 11.0. The van der Waals surface area contributed by atoms with Gasteiger partial charge in [-0.3, -0.25) is 4.79 Å². The first-order valence-corrected chi connectivity index (χ1v) is 8.12. The normalized spacial score (nSPS) is 14.2. The van der Waals surface area contributed by atoms with E-state index in [9.17, 15) is 4.79 Å². The van der Waals surface area contributed by atoms with Crippen molar-refractivity contribution in [3.05, 3.63) is 45.9 Å². The van der Waals surface area contributed by atoms with Gasteiger partial charge in [-0.25, -0.2) is 0 Å². The van der Waals surface area contributed by atoms with Crippen LogP contribution in [0.15, 0.2) is 34.8 Å². The summed E-state index contributed by atoms with van der Waals surface area (Å²) in [7, 11) is 0. The van der Waals surface area contributed by atoms with E-state index >= 15 is 0 Å². The molecule has 0 N–H and O–H groups in total. The molecule has 1 fully saturated rings. The Bertz CT molecular complexity index is 697. The molecule has 2 aromatic rings. The van der Waals surface area contributed by atoms with Gasteiger partial charge in [0.2, 0.25) is 5.88 Å². The molecule has 0 spiro atoms. The summed E-state index contributed by atoms with van der Waals surface area (Å²) in [5.74, 6) is 2.15. The fourth-order valence-electron chi connectivity index (χ4n) is 2.51. The van der Waals surface area contributed by atoms with Crippen LogP contribution in [-0.4, -0.2) is 24.4 Å². The first kappa shape index (κ1) is 15.0. The van der Waals surface area contributed by atoms with E-state index in [0.717, 1.165) is 35.2 Å². The predicted molar refractivity (Wildman–Crippen MR) is 90.0 cm³/mol. The van der Waals surface area contributed by atoms with Crippen molar-refractivity contribution in [3.8, 4) is 11.6 Å². The minimum Gasteiger partial charge on any atom is -0.439 e. The number of carbonyl (C=O) groups excluding carboxylic acids is 1. The number of halogens is 1. The first-order chi connectivity index (χ1) is 10.7. The van der Waals surface area contributed by atoms with Gasteiger partial charge in [0.15, 0.2) is 6.29 Å². The van der Waals surface area contributed by atoms with E-state index in [1.54, 1.807) is 12.1 Å². The molecule has 1 aromatic carbocycles. The number of hydrogen-bond donors (Lipinski definition) is 0. The number of carbonyl (C=O) groups is 1. The Morgan fingerprint density at radius 2 is 2.00 bits per heavy atom. The summed E-state index contributed by atoms with van der Waals surface area (Å²) in [5.41, 5.74) is 1.53. The molecule has 1 aromatic heterocycles. The van der Waals surface area contributed by atoms with Gasteiger partial charge >= 0.3 is 0 Å². The second-order valence-corrected chi connectivity index (χ2v) is 6.24. The third-order valence-electron chi connectivity index (χ3n) is 3.77. The molecule has 0 radical (unpaired) electrons. The minimum atomic E-state index is 0.561. The highest BCUT2D eigenvalue weighted by Crippen LogP contribution is 2.29. The van der Waals surface area contributed by atoms with E-state index in [0.29, 0.717) is 17.2 Å². The lowest BCUT2D eigenvalue weighted by atomic mass is 10.2. The average molecular weight is 361 g/mol. The molecule has 114 valence electrons. The Kier molecular flexibility index (Phi) is 4.43. The smallest absolute Gasteiger partial charge is 0.224 e. The lowest BCUT2D eigenvalue weighted by Gasteiger charge is -2.18. The van der Waals surface area contributed by atoms with Gasteiger partial charge in [-0.2, -0.15) is 4.98 Å². The molecule has 0 aliphatic carbocycles. The molecule has 0 atom stereocenters. The number of hydrogen-bond acceptors (Lipinski definition) is 4. The highest BCUT2D eigenvalue weighted by Gasteiger charge is 2.15. The van der Waals surface area contributed by atoms with E-state index in [-0.39, 0.29) is 0 Å². The van der Waals surface area contributed by atoms with Gasteiger partial charge in [0.25, 0.3) is 0 Å². The zero-order valence-electron chi connectivity index (χ0n) is 12.4. The largest absolute Gasteiger partial charge is 0.439 e. The molecule has 22 heavy (non-hydrogen) atoms. The highest BCUT2D eigenvalue weighted by atomic mass is 79.9.